The average molecular weight is 951 g/mol. The number of carbonyl (C=O) groups is 2. The van der Waals surface area contributed by atoms with Crippen molar-refractivity contribution in [2.24, 2.45) is 0 Å². The molecule has 0 saturated carbocycles. The van der Waals surface area contributed by atoms with Gasteiger partial charge in [0, 0.05) is 20.9 Å². The van der Waals surface area contributed by atoms with E-state index in [1.807, 2.05) is 48.5 Å². The van der Waals surface area contributed by atoms with E-state index in [0.29, 0.717) is 22.5 Å². The number of benzene rings is 2. The van der Waals surface area contributed by atoms with Crippen LogP contribution in [0.4, 0.5) is 0 Å². The summed E-state index contributed by atoms with van der Waals surface area (Å²) in [7, 11) is 0. The molecule has 4 aromatic heterocycles. The maximum absolute atomic E-state index is 13.4. The van der Waals surface area contributed by atoms with Gasteiger partial charge in [-0.3, -0.25) is 0 Å². The number of aromatic nitrogens is 2. The number of thiophene rings is 3. The Hall–Kier alpha value is -3.22. The number of fused-ring (bicyclic) bond motifs is 1. The van der Waals surface area contributed by atoms with Crippen molar-refractivity contribution in [1.29, 1.82) is 0 Å². The summed E-state index contributed by atoms with van der Waals surface area (Å²) < 4.78 is 14.2. The number of ether oxygens (including phenoxy) is 2. The first kappa shape index (κ1) is 43.4. The van der Waals surface area contributed by atoms with Crippen molar-refractivity contribution >= 4 is 88.8 Å². The first-order valence-corrected chi connectivity index (χ1v) is 24.2. The molecule has 0 spiro atoms. The molecule has 57 heavy (non-hydrogen) atoms. The minimum atomic E-state index is -0.301. The molecule has 11 heteroatoms. The highest BCUT2D eigenvalue weighted by Gasteiger charge is 2.25. The highest BCUT2D eigenvalue weighted by Crippen LogP contribution is 2.48. The van der Waals surface area contributed by atoms with E-state index in [0.717, 1.165) is 126 Å². The normalized spacial score (nSPS) is 11.6. The lowest BCUT2D eigenvalue weighted by atomic mass is 10.0. The van der Waals surface area contributed by atoms with Gasteiger partial charge in [0.25, 0.3) is 0 Å². The van der Waals surface area contributed by atoms with E-state index in [-0.39, 0.29) is 24.1 Å². The fourth-order valence-electron chi connectivity index (χ4n) is 6.78. The second-order valence-corrected chi connectivity index (χ2v) is 20.3. The molecule has 0 fully saturated rings. The standard InChI is InChI=1S/C46H50Br2N2O4S3/c1-5-9-13-33(14-10-6-2)53-45(51)31-21-17-29(18-22-31)39-40(30-19-23-32(24-20-30)46(52)54-34(15-11-7-3)16-12-8-4)50-42-41(49-39)43(35-25-27-37(47)55-35)57-44(42)36-26-28-38(48)56-36/h17-28,33-34H,5-16H2,1-4H3. The van der Waals surface area contributed by atoms with Gasteiger partial charge < -0.3 is 9.47 Å². The van der Waals surface area contributed by atoms with Gasteiger partial charge in [-0.15, -0.1) is 34.0 Å². The van der Waals surface area contributed by atoms with E-state index in [1.54, 1.807) is 34.0 Å². The van der Waals surface area contributed by atoms with Crippen molar-refractivity contribution < 1.29 is 19.1 Å². The summed E-state index contributed by atoms with van der Waals surface area (Å²) >= 11 is 12.3. The second-order valence-electron chi connectivity index (χ2n) is 14.4. The van der Waals surface area contributed by atoms with E-state index < -0.39 is 0 Å². The van der Waals surface area contributed by atoms with Crippen LogP contribution >= 0.6 is 65.9 Å². The number of esters is 2. The smallest absolute Gasteiger partial charge is 0.338 e. The molecule has 0 saturated heterocycles. The molecular weight excluding hydrogens is 901 g/mol. The molecule has 4 heterocycles. The van der Waals surface area contributed by atoms with Crippen LogP contribution in [-0.4, -0.2) is 34.1 Å². The van der Waals surface area contributed by atoms with E-state index in [9.17, 15) is 9.59 Å². The van der Waals surface area contributed by atoms with Crippen molar-refractivity contribution in [3.05, 3.63) is 91.5 Å². The predicted octanol–water partition coefficient (Wildman–Crippen LogP) is 15.8. The summed E-state index contributed by atoms with van der Waals surface area (Å²) in [5, 5.41) is 0. The largest absolute Gasteiger partial charge is 0.459 e. The molecule has 0 N–H and O–H groups in total. The highest BCUT2D eigenvalue weighted by atomic mass is 79.9. The Morgan fingerprint density at radius 1 is 0.526 bits per heavy atom. The van der Waals surface area contributed by atoms with Crippen LogP contribution in [0.25, 0.3) is 53.1 Å². The third-order valence-electron chi connectivity index (χ3n) is 9.98. The molecule has 0 aliphatic rings. The van der Waals surface area contributed by atoms with Gasteiger partial charge in [0.1, 0.15) is 23.2 Å². The van der Waals surface area contributed by atoms with Crippen LogP contribution in [-0.2, 0) is 9.47 Å². The molecule has 0 aliphatic carbocycles. The van der Waals surface area contributed by atoms with Crippen molar-refractivity contribution in [3.63, 3.8) is 0 Å². The Bertz CT molecular complexity index is 2070. The van der Waals surface area contributed by atoms with Crippen LogP contribution < -0.4 is 0 Å². The molecule has 6 rings (SSSR count). The molecule has 2 aromatic carbocycles. The van der Waals surface area contributed by atoms with Gasteiger partial charge in [0.15, 0.2) is 0 Å². The maximum Gasteiger partial charge on any atom is 0.338 e. The van der Waals surface area contributed by atoms with Gasteiger partial charge >= 0.3 is 11.9 Å². The Morgan fingerprint density at radius 2 is 0.877 bits per heavy atom. The fourth-order valence-corrected chi connectivity index (χ4v) is 11.0. The van der Waals surface area contributed by atoms with Crippen LogP contribution in [0.3, 0.4) is 0 Å². The van der Waals surface area contributed by atoms with Gasteiger partial charge in [-0.2, -0.15) is 0 Å². The van der Waals surface area contributed by atoms with Gasteiger partial charge in [-0.1, -0.05) is 103 Å². The van der Waals surface area contributed by atoms with Crippen LogP contribution in [0.1, 0.15) is 125 Å². The molecule has 0 bridgehead atoms. The highest BCUT2D eigenvalue weighted by molar-refractivity contribution is 9.11. The summed E-state index contributed by atoms with van der Waals surface area (Å²) in [6.07, 6.45) is 11.7. The number of hydrogen-bond donors (Lipinski definition) is 0. The van der Waals surface area contributed by atoms with E-state index in [4.69, 9.17) is 19.4 Å². The van der Waals surface area contributed by atoms with Gasteiger partial charge in [-0.25, -0.2) is 19.6 Å². The first-order chi connectivity index (χ1) is 27.7. The minimum absolute atomic E-state index is 0.0803. The SMILES string of the molecule is CCCCC(CCCC)OC(=O)c1ccc(-c2nc3c(-c4ccc(Br)s4)sc(-c4ccc(Br)s4)c3nc2-c2ccc(C(=O)OC(CCCC)CCCC)cc2)cc1. The van der Waals surface area contributed by atoms with Crippen molar-refractivity contribution in [1.82, 2.24) is 9.97 Å². The lowest BCUT2D eigenvalue weighted by Gasteiger charge is -2.18. The van der Waals surface area contributed by atoms with Gasteiger partial charge in [-0.05, 0) is 106 Å². The molecular formula is C46H50Br2N2O4S3. The Labute approximate surface area is 365 Å². The monoisotopic (exact) mass is 948 g/mol. The first-order valence-electron chi connectivity index (χ1n) is 20.2. The van der Waals surface area contributed by atoms with Crippen LogP contribution in [0, 0.1) is 0 Å². The molecule has 0 amide bonds. The zero-order valence-electron chi connectivity index (χ0n) is 33.1. The number of halogens is 2. The predicted molar refractivity (Wildman–Crippen MR) is 247 cm³/mol. The molecule has 300 valence electrons. The summed E-state index contributed by atoms with van der Waals surface area (Å²) in [5.41, 5.74) is 5.68. The van der Waals surface area contributed by atoms with Crippen molar-refractivity contribution in [2.45, 2.75) is 117 Å². The number of hydrogen-bond acceptors (Lipinski definition) is 9. The summed E-state index contributed by atoms with van der Waals surface area (Å²) in [6, 6.07) is 23.4. The Balaban J connectivity index is 1.42. The summed E-state index contributed by atoms with van der Waals surface area (Å²) in [6.45, 7) is 8.64. The minimum Gasteiger partial charge on any atom is -0.459 e. The van der Waals surface area contributed by atoms with Crippen LogP contribution in [0.5, 0.6) is 0 Å². The number of unbranched alkanes of at least 4 members (excludes halogenated alkanes) is 4. The molecule has 6 aromatic rings. The topological polar surface area (TPSA) is 78.4 Å². The second kappa shape index (κ2) is 21.2. The summed E-state index contributed by atoms with van der Waals surface area (Å²) in [4.78, 5) is 42.0. The van der Waals surface area contributed by atoms with E-state index >= 15 is 0 Å². The van der Waals surface area contributed by atoms with E-state index in [1.165, 1.54) is 0 Å². The summed E-state index contributed by atoms with van der Waals surface area (Å²) in [5.74, 6) is -0.602. The number of carbonyl (C=O) groups excluding carboxylic acids is 2. The Morgan fingerprint density at radius 3 is 1.18 bits per heavy atom. The quantitative estimate of drug-likeness (QED) is 0.0710. The molecule has 0 aliphatic heterocycles. The van der Waals surface area contributed by atoms with Crippen LogP contribution in [0.15, 0.2) is 80.4 Å². The number of nitrogens with zero attached hydrogens (tertiary/aromatic N) is 2. The fraction of sp³-hybridized carbons (Fsp3) is 0.391. The zero-order valence-corrected chi connectivity index (χ0v) is 38.7. The average Bonchev–Trinajstić information content (AvgIpc) is 3.97. The Kier molecular flexibility index (Phi) is 16.1. The maximum atomic E-state index is 13.4. The number of rotatable bonds is 20. The molecule has 0 unspecified atom stereocenters. The van der Waals surface area contributed by atoms with Gasteiger partial charge in [0.2, 0.25) is 0 Å². The molecule has 6 nitrogen and oxygen atoms in total. The third kappa shape index (κ3) is 11.1. The lowest BCUT2D eigenvalue weighted by Crippen LogP contribution is -2.18. The van der Waals surface area contributed by atoms with Crippen LogP contribution in [0.2, 0.25) is 0 Å². The van der Waals surface area contributed by atoms with Crippen molar-refractivity contribution in [2.75, 3.05) is 0 Å². The van der Waals surface area contributed by atoms with E-state index in [2.05, 4.69) is 83.8 Å². The lowest BCUT2D eigenvalue weighted by molar-refractivity contribution is 0.0242. The van der Waals surface area contributed by atoms with Gasteiger partial charge in [0.05, 0.1) is 39.8 Å². The zero-order chi connectivity index (χ0) is 40.3. The van der Waals surface area contributed by atoms with Crippen molar-refractivity contribution in [3.8, 4) is 42.0 Å². The molecule has 0 radical (unpaired) electrons. The molecule has 0 atom stereocenters. The third-order valence-corrected chi connectivity index (χ3v) is 14.8.